The second-order valence-corrected chi connectivity index (χ2v) is 4.38. The third kappa shape index (κ3) is 0.838. The molecule has 0 bridgehead atoms. The van der Waals surface area contributed by atoms with Crippen molar-refractivity contribution in [3.8, 4) is 0 Å². The van der Waals surface area contributed by atoms with E-state index in [1.165, 1.54) is 13.9 Å². The Bertz CT molecular complexity index is 320. The van der Waals surface area contributed by atoms with E-state index in [1.54, 1.807) is 22.7 Å². The van der Waals surface area contributed by atoms with Crippen molar-refractivity contribution < 1.29 is 0 Å². The molecule has 0 aromatic carbocycles. The quantitative estimate of drug-likeness (QED) is 0.633. The molecule has 0 N–H and O–H groups in total. The van der Waals surface area contributed by atoms with Crippen LogP contribution in [0.4, 0.5) is 0 Å². The molecule has 0 atom stereocenters. The Morgan fingerprint density at radius 2 is 2.22 bits per heavy atom. The number of halogens is 1. The van der Waals surface area contributed by atoms with Gasteiger partial charge < -0.3 is 0 Å². The first-order valence-corrected chi connectivity index (χ1v) is 5.03. The smallest absolute Gasteiger partial charge is 0.0592 e. The molecule has 2 heterocycles. The van der Waals surface area contributed by atoms with Gasteiger partial charge in [-0.25, -0.2) is 0 Å². The summed E-state index contributed by atoms with van der Waals surface area (Å²) < 4.78 is 3.99. The summed E-state index contributed by atoms with van der Waals surface area (Å²) in [4.78, 5) is 0. The van der Waals surface area contributed by atoms with Crippen LogP contribution in [0.25, 0.3) is 9.40 Å². The van der Waals surface area contributed by atoms with Gasteiger partial charge in [0, 0.05) is 14.6 Å². The van der Waals surface area contributed by atoms with Gasteiger partial charge in [0.1, 0.15) is 0 Å². The molecule has 3 heteroatoms. The molecule has 0 spiro atoms. The first-order valence-electron chi connectivity index (χ1n) is 2.48. The van der Waals surface area contributed by atoms with Gasteiger partial charge >= 0.3 is 0 Å². The minimum absolute atomic E-state index is 1.23. The molecule has 0 aliphatic carbocycles. The van der Waals surface area contributed by atoms with Gasteiger partial charge in [-0.3, -0.25) is 0 Å². The molecule has 0 radical (unpaired) electrons. The summed E-state index contributed by atoms with van der Waals surface area (Å²) in [5.41, 5.74) is 0. The average molecular weight is 219 g/mol. The summed E-state index contributed by atoms with van der Waals surface area (Å²) in [7, 11) is 0. The number of fused-ring (bicyclic) bond motifs is 1. The van der Waals surface area contributed by atoms with Crippen molar-refractivity contribution in [3.63, 3.8) is 0 Å². The van der Waals surface area contributed by atoms with Gasteiger partial charge in [-0.2, -0.15) is 0 Å². The molecule has 9 heavy (non-hydrogen) atoms. The molecule has 0 aliphatic rings. The Hall–Kier alpha value is 0.140. The van der Waals surface area contributed by atoms with Crippen LogP contribution in [-0.4, -0.2) is 0 Å². The van der Waals surface area contributed by atoms with Gasteiger partial charge in [0.25, 0.3) is 0 Å². The lowest BCUT2D eigenvalue weighted by molar-refractivity contribution is 2.09. The van der Waals surface area contributed by atoms with E-state index >= 15 is 0 Å². The van der Waals surface area contributed by atoms with Gasteiger partial charge in [-0.1, -0.05) is 0 Å². The predicted molar refractivity (Wildman–Crippen MR) is 47.4 cm³/mol. The molecule has 0 nitrogen and oxygen atoms in total. The van der Waals surface area contributed by atoms with Crippen LogP contribution in [0.2, 0.25) is 0 Å². The van der Waals surface area contributed by atoms with Crippen molar-refractivity contribution in [2.45, 2.75) is 0 Å². The fourth-order valence-electron chi connectivity index (χ4n) is 0.733. The highest BCUT2D eigenvalue weighted by molar-refractivity contribution is 9.10. The van der Waals surface area contributed by atoms with E-state index in [-0.39, 0.29) is 0 Å². The standard InChI is InChI=1S/C6H3BrS2/c7-4-3-9-5-1-2-8-6(4)5/h1-3H. The van der Waals surface area contributed by atoms with E-state index in [2.05, 4.69) is 32.8 Å². The van der Waals surface area contributed by atoms with E-state index < -0.39 is 0 Å². The second kappa shape index (κ2) is 2.08. The number of thiophene rings is 2. The molecule has 46 valence electrons. The van der Waals surface area contributed by atoms with Crippen LogP contribution in [0.5, 0.6) is 0 Å². The third-order valence-electron chi connectivity index (χ3n) is 1.14. The second-order valence-electron chi connectivity index (χ2n) is 1.70. The molecule has 0 saturated heterocycles. The Kier molecular flexibility index (Phi) is 1.36. The monoisotopic (exact) mass is 218 g/mol. The summed E-state index contributed by atoms with van der Waals surface area (Å²) in [6.07, 6.45) is 0. The van der Waals surface area contributed by atoms with E-state index in [0.29, 0.717) is 0 Å². The third-order valence-corrected chi connectivity index (χ3v) is 4.35. The maximum atomic E-state index is 3.47. The van der Waals surface area contributed by atoms with Crippen LogP contribution in [0.15, 0.2) is 21.3 Å². The van der Waals surface area contributed by atoms with E-state index in [9.17, 15) is 0 Å². The lowest BCUT2D eigenvalue weighted by atomic mass is 10.5. The Labute approximate surface area is 69.3 Å². The van der Waals surface area contributed by atoms with Gasteiger partial charge in [-0.05, 0) is 27.4 Å². The molecular formula is C6H3BrS2. The summed E-state index contributed by atoms with van der Waals surface area (Å²) in [5.74, 6) is 0. The maximum Gasteiger partial charge on any atom is 0.0592 e. The normalized spacial score (nSPS) is 10.8. The van der Waals surface area contributed by atoms with Crippen LogP contribution in [0, 0.1) is 0 Å². The molecular weight excluding hydrogens is 216 g/mol. The van der Waals surface area contributed by atoms with Gasteiger partial charge in [0.05, 0.1) is 4.70 Å². The lowest BCUT2D eigenvalue weighted by Gasteiger charge is -1.73. The fourth-order valence-corrected chi connectivity index (χ4v) is 3.50. The minimum atomic E-state index is 1.23. The summed E-state index contributed by atoms with van der Waals surface area (Å²) in [5, 5.41) is 4.24. The zero-order valence-electron chi connectivity index (χ0n) is 4.43. The summed E-state index contributed by atoms with van der Waals surface area (Å²) >= 11 is 7.04. The predicted octanol–water partition coefficient (Wildman–Crippen LogP) is 3.73. The highest BCUT2D eigenvalue weighted by atomic mass is 79.9. The Morgan fingerprint density at radius 1 is 1.33 bits per heavy atom. The van der Waals surface area contributed by atoms with Crippen LogP contribution < -0.4 is 0 Å². The van der Waals surface area contributed by atoms with E-state index in [1.807, 2.05) is 0 Å². The van der Waals surface area contributed by atoms with Crippen molar-refractivity contribution in [2.24, 2.45) is 0 Å². The summed E-state index contributed by atoms with van der Waals surface area (Å²) in [6, 6.07) is 2.15. The van der Waals surface area contributed by atoms with Crippen LogP contribution in [0.1, 0.15) is 0 Å². The van der Waals surface area contributed by atoms with Crippen LogP contribution in [0.3, 0.4) is 0 Å². The van der Waals surface area contributed by atoms with Crippen LogP contribution in [-0.2, 0) is 0 Å². The first kappa shape index (κ1) is 5.89. The molecule has 0 fully saturated rings. The van der Waals surface area contributed by atoms with Gasteiger partial charge in [0.15, 0.2) is 0 Å². The SMILES string of the molecule is Brc1csc2ccsc12. The molecule has 2 aromatic heterocycles. The maximum absolute atomic E-state index is 3.47. The zero-order valence-corrected chi connectivity index (χ0v) is 7.65. The highest BCUT2D eigenvalue weighted by Crippen LogP contribution is 2.33. The number of rotatable bonds is 0. The van der Waals surface area contributed by atoms with E-state index in [4.69, 9.17) is 0 Å². The van der Waals surface area contributed by atoms with Gasteiger partial charge in [-0.15, -0.1) is 22.7 Å². The van der Waals surface area contributed by atoms with Crippen molar-refractivity contribution in [3.05, 3.63) is 21.3 Å². The topological polar surface area (TPSA) is 0 Å². The van der Waals surface area contributed by atoms with Crippen molar-refractivity contribution in [1.29, 1.82) is 0 Å². The lowest BCUT2D eigenvalue weighted by Crippen LogP contribution is -1.42. The fraction of sp³-hybridized carbons (Fsp3) is 0. The Morgan fingerprint density at radius 3 is 3.00 bits per heavy atom. The van der Waals surface area contributed by atoms with Crippen LogP contribution >= 0.6 is 38.6 Å². The molecule has 0 unspecified atom stereocenters. The van der Waals surface area contributed by atoms with Crippen molar-refractivity contribution >= 4 is 48.0 Å². The number of hydrogen-bond acceptors (Lipinski definition) is 2. The van der Waals surface area contributed by atoms with Crippen molar-refractivity contribution in [1.82, 2.24) is 0 Å². The molecule has 0 saturated carbocycles. The molecule has 0 amide bonds. The molecule has 2 aromatic rings. The zero-order chi connectivity index (χ0) is 6.27. The Balaban J connectivity index is 2.99. The minimum Gasteiger partial charge on any atom is -0.142 e. The number of hydrogen-bond donors (Lipinski definition) is 0. The largest absolute Gasteiger partial charge is 0.142 e. The molecule has 2 rings (SSSR count). The van der Waals surface area contributed by atoms with Crippen molar-refractivity contribution in [2.75, 3.05) is 0 Å². The first-order chi connectivity index (χ1) is 4.38. The molecule has 0 aliphatic heterocycles. The van der Waals surface area contributed by atoms with E-state index in [0.717, 1.165) is 0 Å². The highest BCUT2D eigenvalue weighted by Gasteiger charge is 1.99. The van der Waals surface area contributed by atoms with Gasteiger partial charge in [0.2, 0.25) is 0 Å². The average Bonchev–Trinajstić information content (AvgIpc) is 2.35. The summed E-state index contributed by atoms with van der Waals surface area (Å²) in [6.45, 7) is 0.